The largest absolute Gasteiger partial charge is 0.490 e. The van der Waals surface area contributed by atoms with Crippen molar-refractivity contribution in [2.45, 2.75) is 27.3 Å². The number of rotatable bonds is 7. The van der Waals surface area contributed by atoms with E-state index in [2.05, 4.69) is 21.0 Å². The molecule has 0 aliphatic rings. The fraction of sp³-hybridized carbons (Fsp3) is 0.227. The zero-order valence-electron chi connectivity index (χ0n) is 17.6. The Balaban J connectivity index is 1.79. The molecule has 0 unspecified atom stereocenters. The van der Waals surface area contributed by atoms with Crippen LogP contribution in [-0.2, 0) is 6.54 Å². The number of aromatic nitrogens is 2. The van der Waals surface area contributed by atoms with Crippen LogP contribution in [0.1, 0.15) is 39.8 Å². The van der Waals surface area contributed by atoms with Crippen molar-refractivity contribution in [3.63, 3.8) is 0 Å². The van der Waals surface area contributed by atoms with Crippen molar-refractivity contribution in [2.75, 3.05) is 6.61 Å². The average molecular weight is 499 g/mol. The Morgan fingerprint density at radius 3 is 2.53 bits per heavy atom. The highest BCUT2D eigenvalue weighted by molar-refractivity contribution is 9.10. The third-order valence-corrected chi connectivity index (χ3v) is 5.27. The second-order valence-electron chi connectivity index (χ2n) is 6.85. The molecular formula is C22H19BrN4O5. The maximum Gasteiger partial charge on any atom is 0.343 e. The molecule has 0 spiro atoms. The number of nitrogens with zero attached hydrogens (tertiary/aromatic N) is 4. The first-order valence-corrected chi connectivity index (χ1v) is 10.4. The summed E-state index contributed by atoms with van der Waals surface area (Å²) in [5.74, 6) is -0.117. The molecular weight excluding hydrogens is 480 g/mol. The van der Waals surface area contributed by atoms with E-state index in [9.17, 15) is 14.9 Å². The van der Waals surface area contributed by atoms with Gasteiger partial charge in [0, 0.05) is 6.07 Å². The van der Waals surface area contributed by atoms with Crippen LogP contribution in [0.15, 0.2) is 40.9 Å². The molecule has 3 aromatic rings. The van der Waals surface area contributed by atoms with Crippen LogP contribution in [0.5, 0.6) is 11.5 Å². The molecule has 0 fully saturated rings. The molecule has 0 saturated carbocycles. The van der Waals surface area contributed by atoms with Gasteiger partial charge in [0.05, 0.1) is 39.7 Å². The van der Waals surface area contributed by atoms with Crippen LogP contribution < -0.4 is 9.47 Å². The fourth-order valence-corrected chi connectivity index (χ4v) is 3.69. The number of hydrogen-bond donors (Lipinski definition) is 0. The van der Waals surface area contributed by atoms with Gasteiger partial charge in [0.2, 0.25) is 0 Å². The summed E-state index contributed by atoms with van der Waals surface area (Å²) >= 11 is 3.32. The minimum Gasteiger partial charge on any atom is -0.490 e. The Kier molecular flexibility index (Phi) is 6.90. The van der Waals surface area contributed by atoms with E-state index in [-0.39, 0.29) is 17.2 Å². The fourth-order valence-electron chi connectivity index (χ4n) is 3.17. The monoisotopic (exact) mass is 498 g/mol. The van der Waals surface area contributed by atoms with Crippen molar-refractivity contribution in [1.82, 2.24) is 9.78 Å². The zero-order valence-corrected chi connectivity index (χ0v) is 19.2. The number of benzene rings is 2. The summed E-state index contributed by atoms with van der Waals surface area (Å²) in [6.07, 6.45) is 0. The van der Waals surface area contributed by atoms with Crippen LogP contribution >= 0.6 is 15.9 Å². The number of carbonyl (C=O) groups excluding carboxylic acids is 1. The van der Waals surface area contributed by atoms with Crippen LogP contribution in [0.3, 0.4) is 0 Å². The van der Waals surface area contributed by atoms with E-state index in [1.54, 1.807) is 55.8 Å². The molecule has 0 amide bonds. The molecule has 0 saturated heterocycles. The van der Waals surface area contributed by atoms with Crippen LogP contribution in [0.2, 0.25) is 0 Å². The van der Waals surface area contributed by atoms with E-state index in [4.69, 9.17) is 14.7 Å². The van der Waals surface area contributed by atoms with Gasteiger partial charge >= 0.3 is 11.7 Å². The molecule has 0 aliphatic heterocycles. The van der Waals surface area contributed by atoms with Gasteiger partial charge in [-0.25, -0.2) is 4.79 Å². The minimum absolute atomic E-state index is 0.00305. The zero-order chi connectivity index (χ0) is 23.4. The first kappa shape index (κ1) is 23.0. The SMILES string of the molecule is CCOc1cc(C#N)cc(Br)c1OC(=O)c1ccc(Cn2nc(C)c([N+](=O)[O-])c2C)cc1. The van der Waals surface area contributed by atoms with Gasteiger partial charge in [-0.3, -0.25) is 14.8 Å². The highest BCUT2D eigenvalue weighted by Crippen LogP contribution is 2.37. The van der Waals surface area contributed by atoms with E-state index < -0.39 is 10.9 Å². The molecule has 1 aromatic heterocycles. The van der Waals surface area contributed by atoms with Crippen molar-refractivity contribution in [3.8, 4) is 17.6 Å². The van der Waals surface area contributed by atoms with Crippen molar-refractivity contribution in [1.29, 1.82) is 5.26 Å². The number of halogens is 1. The van der Waals surface area contributed by atoms with Crippen LogP contribution in [0.25, 0.3) is 0 Å². The Morgan fingerprint density at radius 2 is 1.97 bits per heavy atom. The van der Waals surface area contributed by atoms with Gasteiger partial charge in [0.25, 0.3) is 0 Å². The van der Waals surface area contributed by atoms with Crippen molar-refractivity contribution >= 4 is 27.6 Å². The minimum atomic E-state index is -0.593. The van der Waals surface area contributed by atoms with E-state index in [1.165, 1.54) is 6.07 Å². The third-order valence-electron chi connectivity index (χ3n) is 4.68. The number of nitriles is 1. The predicted molar refractivity (Wildman–Crippen MR) is 119 cm³/mol. The highest BCUT2D eigenvalue weighted by Gasteiger charge is 2.22. The third kappa shape index (κ3) is 4.78. The number of esters is 1. The van der Waals surface area contributed by atoms with Gasteiger partial charge in [-0.15, -0.1) is 0 Å². The standard InChI is InChI=1S/C22H19BrN4O5/c1-4-31-19-10-16(11-24)9-18(23)21(19)32-22(28)17-7-5-15(6-8-17)12-26-14(3)20(27(29)30)13(2)25-26/h5-10H,4,12H2,1-3H3. The van der Waals surface area contributed by atoms with E-state index >= 15 is 0 Å². The topological polar surface area (TPSA) is 120 Å². The average Bonchev–Trinajstić information content (AvgIpc) is 3.03. The Labute approximate surface area is 192 Å². The molecule has 0 radical (unpaired) electrons. The number of carbonyl (C=O) groups is 1. The summed E-state index contributed by atoms with van der Waals surface area (Å²) in [7, 11) is 0. The number of ether oxygens (including phenoxy) is 2. The van der Waals surface area contributed by atoms with Gasteiger partial charge in [-0.1, -0.05) is 12.1 Å². The van der Waals surface area contributed by atoms with Gasteiger partial charge in [-0.05, 0) is 60.5 Å². The summed E-state index contributed by atoms with van der Waals surface area (Å²) in [6.45, 7) is 5.69. The highest BCUT2D eigenvalue weighted by atomic mass is 79.9. The number of hydrogen-bond acceptors (Lipinski definition) is 7. The number of nitro groups is 1. The van der Waals surface area contributed by atoms with Gasteiger partial charge < -0.3 is 9.47 Å². The van der Waals surface area contributed by atoms with E-state index in [1.807, 2.05) is 6.07 Å². The van der Waals surface area contributed by atoms with Gasteiger partial charge in [0.1, 0.15) is 11.4 Å². The molecule has 32 heavy (non-hydrogen) atoms. The predicted octanol–water partition coefficient (Wildman–Crippen LogP) is 4.71. The Hall–Kier alpha value is -3.71. The van der Waals surface area contributed by atoms with E-state index in [0.29, 0.717) is 40.1 Å². The summed E-state index contributed by atoms with van der Waals surface area (Å²) in [6, 6.07) is 11.8. The lowest BCUT2D eigenvalue weighted by Crippen LogP contribution is -2.11. The molecule has 0 N–H and O–H groups in total. The first-order chi connectivity index (χ1) is 15.2. The molecule has 1 heterocycles. The molecule has 2 aromatic carbocycles. The summed E-state index contributed by atoms with van der Waals surface area (Å²) in [5.41, 5.74) is 2.32. The van der Waals surface area contributed by atoms with Crippen molar-refractivity contribution < 1.29 is 19.2 Å². The maximum atomic E-state index is 12.7. The smallest absolute Gasteiger partial charge is 0.343 e. The lowest BCUT2D eigenvalue weighted by atomic mass is 10.1. The summed E-state index contributed by atoms with van der Waals surface area (Å²) in [4.78, 5) is 23.4. The maximum absolute atomic E-state index is 12.7. The molecule has 0 aliphatic carbocycles. The first-order valence-electron chi connectivity index (χ1n) is 9.61. The van der Waals surface area contributed by atoms with E-state index in [0.717, 1.165) is 5.56 Å². The quantitative estimate of drug-likeness (QED) is 0.200. The second-order valence-corrected chi connectivity index (χ2v) is 7.71. The normalized spacial score (nSPS) is 10.5. The molecule has 0 bridgehead atoms. The van der Waals surface area contributed by atoms with Crippen LogP contribution in [0.4, 0.5) is 5.69 Å². The lowest BCUT2D eigenvalue weighted by molar-refractivity contribution is -0.386. The summed E-state index contributed by atoms with van der Waals surface area (Å²) < 4.78 is 13.0. The van der Waals surface area contributed by atoms with Crippen molar-refractivity contribution in [3.05, 3.63) is 79.1 Å². The molecule has 164 valence electrons. The molecule has 9 nitrogen and oxygen atoms in total. The molecule has 3 rings (SSSR count). The van der Waals surface area contributed by atoms with Crippen LogP contribution in [-0.4, -0.2) is 27.3 Å². The van der Waals surface area contributed by atoms with Gasteiger partial charge in [-0.2, -0.15) is 10.4 Å². The summed E-state index contributed by atoms with van der Waals surface area (Å²) in [5, 5.41) is 24.5. The Bertz CT molecular complexity index is 1230. The Morgan fingerprint density at radius 1 is 1.28 bits per heavy atom. The number of aryl methyl sites for hydroxylation is 1. The molecule has 10 heteroatoms. The van der Waals surface area contributed by atoms with Gasteiger partial charge in [0.15, 0.2) is 11.5 Å². The molecule has 0 atom stereocenters. The van der Waals surface area contributed by atoms with Crippen molar-refractivity contribution in [2.24, 2.45) is 0 Å². The lowest BCUT2D eigenvalue weighted by Gasteiger charge is -2.13. The second kappa shape index (κ2) is 9.62. The van der Waals surface area contributed by atoms with Crippen LogP contribution in [0, 0.1) is 35.3 Å².